The molecule has 0 aliphatic rings. The van der Waals surface area contributed by atoms with Crippen molar-refractivity contribution >= 4 is 29.1 Å². The number of carbonyl (C=O) groups excluding carboxylic acids is 1. The Hall–Kier alpha value is -1.11. The number of rotatable bonds is 5. The summed E-state index contributed by atoms with van der Waals surface area (Å²) in [6.07, 6.45) is 0. The fraction of sp³-hybridized carbons (Fsp3) is 0.300. The lowest BCUT2D eigenvalue weighted by Crippen LogP contribution is -2.29. The number of amides is 1. The fourth-order valence-corrected chi connectivity index (χ4v) is 1.81. The molecule has 0 saturated carbocycles. The Morgan fingerprint density at radius 1 is 1.44 bits per heavy atom. The van der Waals surface area contributed by atoms with Crippen molar-refractivity contribution in [2.24, 2.45) is 5.73 Å². The van der Waals surface area contributed by atoms with Crippen LogP contribution in [0, 0.1) is 0 Å². The highest BCUT2D eigenvalue weighted by Crippen LogP contribution is 2.33. The molecule has 1 aromatic carbocycles. The number of nitrogens with one attached hydrogen (secondary N) is 1. The molecule has 0 radical (unpaired) electrons. The second kappa shape index (κ2) is 6.72. The zero-order chi connectivity index (χ0) is 13.7. The van der Waals surface area contributed by atoms with E-state index in [2.05, 4.69) is 10.1 Å². The van der Waals surface area contributed by atoms with Crippen molar-refractivity contribution in [3.05, 3.63) is 27.7 Å². The number of hydrogen-bond donors (Lipinski definition) is 2. The summed E-state index contributed by atoms with van der Waals surface area (Å²) in [5.41, 5.74) is 5.34. The summed E-state index contributed by atoms with van der Waals surface area (Å²) in [6.45, 7) is -3.29. The van der Waals surface area contributed by atoms with Crippen LogP contribution in [0.25, 0.3) is 0 Å². The lowest BCUT2D eigenvalue weighted by molar-refractivity contribution is -0.119. The highest BCUT2D eigenvalue weighted by molar-refractivity contribution is 6.35. The van der Waals surface area contributed by atoms with Gasteiger partial charge in [-0.1, -0.05) is 23.2 Å². The number of benzene rings is 1. The van der Waals surface area contributed by atoms with E-state index in [0.29, 0.717) is 0 Å². The third-order valence-corrected chi connectivity index (χ3v) is 2.45. The molecule has 1 amide bonds. The van der Waals surface area contributed by atoms with Gasteiger partial charge in [-0.05, 0) is 12.1 Å². The van der Waals surface area contributed by atoms with Gasteiger partial charge >= 0.3 is 6.61 Å². The average Bonchev–Trinajstić information content (AvgIpc) is 2.29. The minimum absolute atomic E-state index is 0.0557. The molecule has 0 atom stereocenters. The van der Waals surface area contributed by atoms with Gasteiger partial charge in [0.15, 0.2) is 0 Å². The summed E-state index contributed by atoms with van der Waals surface area (Å²) in [5.74, 6) is -0.650. The van der Waals surface area contributed by atoms with Gasteiger partial charge in [-0.25, -0.2) is 0 Å². The van der Waals surface area contributed by atoms with E-state index >= 15 is 0 Å². The van der Waals surface area contributed by atoms with Crippen LogP contribution in [-0.4, -0.2) is 19.1 Å². The summed E-state index contributed by atoms with van der Waals surface area (Å²) >= 11 is 11.5. The lowest BCUT2D eigenvalue weighted by Gasteiger charge is -2.13. The van der Waals surface area contributed by atoms with Crippen molar-refractivity contribution in [1.82, 2.24) is 5.32 Å². The first-order valence-corrected chi connectivity index (χ1v) is 5.59. The molecule has 0 aromatic heterocycles. The molecule has 18 heavy (non-hydrogen) atoms. The number of nitrogens with two attached hydrogens (primary N) is 1. The first-order valence-electron chi connectivity index (χ1n) is 4.83. The zero-order valence-corrected chi connectivity index (χ0v) is 10.6. The normalized spacial score (nSPS) is 10.6. The van der Waals surface area contributed by atoms with Crippen LogP contribution >= 0.6 is 23.2 Å². The molecule has 8 heteroatoms. The smallest absolute Gasteiger partial charge is 0.387 e. The highest BCUT2D eigenvalue weighted by atomic mass is 35.5. The van der Waals surface area contributed by atoms with Crippen LogP contribution in [0.2, 0.25) is 10.0 Å². The predicted molar refractivity (Wildman–Crippen MR) is 64.0 cm³/mol. The number of hydrogen-bond acceptors (Lipinski definition) is 3. The fourth-order valence-electron chi connectivity index (χ4n) is 1.23. The van der Waals surface area contributed by atoms with Crippen LogP contribution in [0.1, 0.15) is 5.56 Å². The molecule has 0 aliphatic heterocycles. The van der Waals surface area contributed by atoms with Gasteiger partial charge in [0.1, 0.15) is 5.75 Å². The first kappa shape index (κ1) is 14.9. The van der Waals surface area contributed by atoms with E-state index in [1.54, 1.807) is 0 Å². The topological polar surface area (TPSA) is 64.4 Å². The van der Waals surface area contributed by atoms with E-state index in [1.807, 2.05) is 0 Å². The Kier molecular flexibility index (Phi) is 5.58. The number of ether oxygens (including phenoxy) is 1. The maximum Gasteiger partial charge on any atom is 0.387 e. The predicted octanol–water partition coefficient (Wildman–Crippen LogP) is 2.17. The Balaban J connectivity index is 2.95. The van der Waals surface area contributed by atoms with Gasteiger partial charge in [-0.3, -0.25) is 4.79 Å². The third-order valence-electron chi connectivity index (χ3n) is 1.95. The molecule has 1 rings (SSSR count). The average molecular weight is 299 g/mol. The van der Waals surface area contributed by atoms with Crippen molar-refractivity contribution in [3.8, 4) is 5.75 Å². The Morgan fingerprint density at radius 3 is 2.67 bits per heavy atom. The zero-order valence-electron chi connectivity index (χ0n) is 9.05. The molecule has 0 bridgehead atoms. The van der Waals surface area contributed by atoms with E-state index < -0.39 is 12.5 Å². The molecule has 0 aliphatic carbocycles. The minimum atomic E-state index is -3.02. The highest BCUT2D eigenvalue weighted by Gasteiger charge is 2.15. The van der Waals surface area contributed by atoms with Crippen molar-refractivity contribution in [1.29, 1.82) is 0 Å². The summed E-state index contributed by atoms with van der Waals surface area (Å²) < 4.78 is 28.7. The van der Waals surface area contributed by atoms with Gasteiger partial charge in [0, 0.05) is 17.1 Å². The quantitative estimate of drug-likeness (QED) is 0.876. The van der Waals surface area contributed by atoms with E-state index in [1.165, 1.54) is 12.1 Å². The van der Waals surface area contributed by atoms with E-state index in [4.69, 9.17) is 28.9 Å². The van der Waals surface area contributed by atoms with Crippen LogP contribution in [0.5, 0.6) is 5.75 Å². The van der Waals surface area contributed by atoms with Gasteiger partial charge in [-0.2, -0.15) is 8.78 Å². The molecule has 0 unspecified atom stereocenters. The second-order valence-corrected chi connectivity index (χ2v) is 4.08. The molecule has 0 fully saturated rings. The van der Waals surface area contributed by atoms with Gasteiger partial charge in [-0.15, -0.1) is 0 Å². The molecule has 3 N–H and O–H groups in total. The van der Waals surface area contributed by atoms with Crippen molar-refractivity contribution in [3.63, 3.8) is 0 Å². The monoisotopic (exact) mass is 298 g/mol. The van der Waals surface area contributed by atoms with Crippen LogP contribution in [-0.2, 0) is 11.3 Å². The second-order valence-electron chi connectivity index (χ2n) is 3.24. The standard InChI is InChI=1S/C10H10Cl2F2N2O2/c11-6-1-5(4-16-8(17)3-15)9(7(12)2-6)18-10(13)14/h1-2,10H,3-4,15H2,(H,16,17). The molecule has 0 heterocycles. The molecule has 0 saturated heterocycles. The maximum atomic E-state index is 12.2. The molecular weight excluding hydrogens is 289 g/mol. The number of alkyl halides is 2. The third kappa shape index (κ3) is 4.29. The summed E-state index contributed by atoms with van der Waals surface area (Å²) in [5, 5.41) is 2.60. The minimum Gasteiger partial charge on any atom is -0.433 e. The lowest BCUT2D eigenvalue weighted by atomic mass is 10.2. The molecule has 0 spiro atoms. The number of carbonyl (C=O) groups is 1. The molecule has 4 nitrogen and oxygen atoms in total. The first-order chi connectivity index (χ1) is 8.43. The van der Waals surface area contributed by atoms with Crippen LogP contribution in [0.4, 0.5) is 8.78 Å². The summed E-state index contributed by atoms with van der Waals surface area (Å²) in [7, 11) is 0. The van der Waals surface area contributed by atoms with Gasteiger partial charge in [0.2, 0.25) is 5.91 Å². The Labute approximate surface area is 112 Å². The maximum absolute atomic E-state index is 12.2. The Bertz CT molecular complexity index is 444. The van der Waals surface area contributed by atoms with Crippen LogP contribution in [0.15, 0.2) is 12.1 Å². The van der Waals surface area contributed by atoms with Gasteiger partial charge in [0.25, 0.3) is 0 Å². The summed E-state index contributed by atoms with van der Waals surface area (Å²) in [4.78, 5) is 11.0. The molecular formula is C10H10Cl2F2N2O2. The van der Waals surface area contributed by atoms with Crippen molar-refractivity contribution in [2.45, 2.75) is 13.2 Å². The van der Waals surface area contributed by atoms with Crippen molar-refractivity contribution < 1.29 is 18.3 Å². The molecule has 100 valence electrons. The largest absolute Gasteiger partial charge is 0.433 e. The molecule has 1 aromatic rings. The van der Waals surface area contributed by atoms with Crippen LogP contribution in [0.3, 0.4) is 0 Å². The van der Waals surface area contributed by atoms with E-state index in [9.17, 15) is 13.6 Å². The van der Waals surface area contributed by atoms with Crippen molar-refractivity contribution in [2.75, 3.05) is 6.54 Å². The summed E-state index contributed by atoms with van der Waals surface area (Å²) in [6, 6.07) is 2.65. The van der Waals surface area contributed by atoms with Crippen LogP contribution < -0.4 is 15.8 Å². The van der Waals surface area contributed by atoms with Gasteiger partial charge < -0.3 is 15.8 Å². The van der Waals surface area contributed by atoms with E-state index in [0.717, 1.165) is 0 Å². The Morgan fingerprint density at radius 2 is 2.11 bits per heavy atom. The SMILES string of the molecule is NCC(=O)NCc1cc(Cl)cc(Cl)c1OC(F)F. The van der Waals surface area contributed by atoms with E-state index in [-0.39, 0.29) is 34.4 Å². The van der Waals surface area contributed by atoms with Gasteiger partial charge in [0.05, 0.1) is 11.6 Å². The number of halogens is 4.